The van der Waals surface area contributed by atoms with Crippen molar-refractivity contribution in [2.75, 3.05) is 7.11 Å². The van der Waals surface area contributed by atoms with Crippen LogP contribution in [0.5, 0.6) is 5.75 Å². The monoisotopic (exact) mass is 263 g/mol. The highest BCUT2D eigenvalue weighted by atomic mass is 16.5. The van der Waals surface area contributed by atoms with Crippen LogP contribution in [0.3, 0.4) is 0 Å². The number of hydrogen-bond donors (Lipinski definition) is 1. The van der Waals surface area contributed by atoms with E-state index in [1.54, 1.807) is 25.3 Å². The van der Waals surface area contributed by atoms with Crippen LogP contribution in [-0.2, 0) is 0 Å². The average molecular weight is 263 g/mol. The number of aromatic carboxylic acids is 1. The van der Waals surface area contributed by atoms with Gasteiger partial charge in [-0.25, -0.2) is 9.78 Å². The third kappa shape index (κ3) is 3.13. The summed E-state index contributed by atoms with van der Waals surface area (Å²) in [5.41, 5.74) is 1.48. The molecule has 0 saturated carbocycles. The van der Waals surface area contributed by atoms with Gasteiger partial charge in [0.1, 0.15) is 5.75 Å². The predicted octanol–water partition coefficient (Wildman–Crippen LogP) is 3.38. The van der Waals surface area contributed by atoms with Gasteiger partial charge in [-0.05, 0) is 30.7 Å². The van der Waals surface area contributed by atoms with Crippen molar-refractivity contribution in [3.05, 3.63) is 35.9 Å². The van der Waals surface area contributed by atoms with Gasteiger partial charge in [-0.3, -0.25) is 0 Å². The molecule has 2 rings (SSSR count). The Bertz CT molecular complexity index is 560. The van der Waals surface area contributed by atoms with Crippen molar-refractivity contribution in [1.82, 2.24) is 4.98 Å². The van der Waals surface area contributed by atoms with Gasteiger partial charge in [-0.15, -0.1) is 0 Å². The standard InChI is InChI=1S/C12H11NO4.C2H6/c1-7-5-8(3-4-9(7)16-2)11-10(12(14)15)13-6-17-11;1-2/h3-6H,1-2H3,(H,14,15);1-2H3. The smallest absolute Gasteiger partial charge is 0.358 e. The molecule has 102 valence electrons. The zero-order valence-corrected chi connectivity index (χ0v) is 11.4. The highest BCUT2D eigenvalue weighted by molar-refractivity contribution is 5.92. The molecule has 0 saturated heterocycles. The molecule has 0 aliphatic heterocycles. The Kier molecular flexibility index (Phi) is 5.11. The molecule has 0 fully saturated rings. The zero-order valence-electron chi connectivity index (χ0n) is 11.4. The second kappa shape index (κ2) is 6.58. The molecule has 19 heavy (non-hydrogen) atoms. The maximum atomic E-state index is 10.9. The summed E-state index contributed by atoms with van der Waals surface area (Å²) in [5, 5.41) is 8.94. The number of aryl methyl sites for hydroxylation is 1. The number of oxazole rings is 1. The maximum Gasteiger partial charge on any atom is 0.358 e. The number of nitrogens with zero attached hydrogens (tertiary/aromatic N) is 1. The Morgan fingerprint density at radius 2 is 2.05 bits per heavy atom. The molecular formula is C14H17NO4. The van der Waals surface area contributed by atoms with Crippen LogP contribution in [0.4, 0.5) is 0 Å². The zero-order chi connectivity index (χ0) is 14.4. The second-order valence-electron chi connectivity index (χ2n) is 3.52. The van der Waals surface area contributed by atoms with Crippen LogP contribution >= 0.6 is 0 Å². The normalized spacial score (nSPS) is 9.47. The summed E-state index contributed by atoms with van der Waals surface area (Å²) in [4.78, 5) is 14.6. The molecule has 5 nitrogen and oxygen atoms in total. The van der Waals surface area contributed by atoms with E-state index in [2.05, 4.69) is 4.98 Å². The number of benzene rings is 1. The summed E-state index contributed by atoms with van der Waals surface area (Å²) in [6.07, 6.45) is 1.12. The van der Waals surface area contributed by atoms with Crippen molar-refractivity contribution in [1.29, 1.82) is 0 Å². The van der Waals surface area contributed by atoms with Crippen LogP contribution < -0.4 is 4.74 Å². The van der Waals surface area contributed by atoms with Gasteiger partial charge in [0.25, 0.3) is 0 Å². The third-order valence-corrected chi connectivity index (χ3v) is 2.43. The molecule has 0 atom stereocenters. The summed E-state index contributed by atoms with van der Waals surface area (Å²) < 4.78 is 10.2. The van der Waals surface area contributed by atoms with Crippen molar-refractivity contribution in [2.45, 2.75) is 20.8 Å². The molecule has 1 N–H and O–H groups in total. The molecule has 0 amide bonds. The summed E-state index contributed by atoms with van der Waals surface area (Å²) in [7, 11) is 1.58. The van der Waals surface area contributed by atoms with Crippen molar-refractivity contribution in [3.63, 3.8) is 0 Å². The molecular weight excluding hydrogens is 246 g/mol. The first-order valence-electron chi connectivity index (χ1n) is 5.95. The van der Waals surface area contributed by atoms with E-state index in [0.717, 1.165) is 17.7 Å². The van der Waals surface area contributed by atoms with E-state index in [4.69, 9.17) is 14.3 Å². The van der Waals surface area contributed by atoms with Gasteiger partial charge in [0.15, 0.2) is 17.8 Å². The molecule has 0 aliphatic rings. The second-order valence-corrected chi connectivity index (χ2v) is 3.52. The number of carboxylic acid groups (broad SMARTS) is 1. The topological polar surface area (TPSA) is 72.6 Å². The minimum atomic E-state index is -1.11. The van der Waals surface area contributed by atoms with Crippen LogP contribution in [-0.4, -0.2) is 23.2 Å². The van der Waals surface area contributed by atoms with Crippen LogP contribution in [0.1, 0.15) is 29.9 Å². The summed E-state index contributed by atoms with van der Waals surface area (Å²) >= 11 is 0. The van der Waals surface area contributed by atoms with Crippen molar-refractivity contribution < 1.29 is 19.1 Å². The molecule has 0 aliphatic carbocycles. The van der Waals surface area contributed by atoms with E-state index in [1.165, 1.54) is 0 Å². The summed E-state index contributed by atoms with van der Waals surface area (Å²) in [6.45, 7) is 5.87. The Morgan fingerprint density at radius 3 is 2.58 bits per heavy atom. The van der Waals surface area contributed by atoms with Gasteiger partial charge >= 0.3 is 5.97 Å². The molecule has 5 heteroatoms. The number of rotatable bonds is 3. The Labute approximate surface area is 111 Å². The molecule has 1 aromatic carbocycles. The van der Waals surface area contributed by atoms with Gasteiger partial charge in [0.05, 0.1) is 7.11 Å². The fourth-order valence-electron chi connectivity index (χ4n) is 1.62. The fraction of sp³-hybridized carbons (Fsp3) is 0.286. The van der Waals surface area contributed by atoms with Gasteiger partial charge in [0.2, 0.25) is 0 Å². The highest BCUT2D eigenvalue weighted by Gasteiger charge is 2.17. The third-order valence-electron chi connectivity index (χ3n) is 2.43. The fourth-order valence-corrected chi connectivity index (χ4v) is 1.62. The molecule has 1 aromatic heterocycles. The number of methoxy groups -OCH3 is 1. The van der Waals surface area contributed by atoms with Gasteiger partial charge in [-0.2, -0.15) is 0 Å². The van der Waals surface area contributed by atoms with Gasteiger partial charge in [0, 0.05) is 5.56 Å². The lowest BCUT2D eigenvalue weighted by atomic mass is 10.1. The van der Waals surface area contributed by atoms with E-state index in [9.17, 15) is 4.79 Å². The lowest BCUT2D eigenvalue weighted by Crippen LogP contribution is -1.98. The van der Waals surface area contributed by atoms with E-state index >= 15 is 0 Å². The van der Waals surface area contributed by atoms with E-state index in [0.29, 0.717) is 5.56 Å². The van der Waals surface area contributed by atoms with Crippen LogP contribution in [0, 0.1) is 6.92 Å². The van der Waals surface area contributed by atoms with Crippen LogP contribution in [0.25, 0.3) is 11.3 Å². The lowest BCUT2D eigenvalue weighted by molar-refractivity contribution is 0.0691. The molecule has 0 unspecified atom stereocenters. The molecule has 0 radical (unpaired) electrons. The predicted molar refractivity (Wildman–Crippen MR) is 71.5 cm³/mol. The van der Waals surface area contributed by atoms with E-state index < -0.39 is 5.97 Å². The van der Waals surface area contributed by atoms with Crippen LogP contribution in [0.2, 0.25) is 0 Å². The first kappa shape index (κ1) is 14.8. The SMILES string of the molecule is CC.COc1ccc(-c2ocnc2C(=O)O)cc1C. The maximum absolute atomic E-state index is 10.9. The first-order chi connectivity index (χ1) is 9.13. The number of ether oxygens (including phenoxy) is 1. The number of hydrogen-bond acceptors (Lipinski definition) is 4. The van der Waals surface area contributed by atoms with Crippen molar-refractivity contribution in [3.8, 4) is 17.1 Å². The Morgan fingerprint density at radius 1 is 1.37 bits per heavy atom. The largest absolute Gasteiger partial charge is 0.496 e. The Balaban J connectivity index is 0.000000861. The molecule has 0 bridgehead atoms. The Hall–Kier alpha value is -2.30. The quantitative estimate of drug-likeness (QED) is 0.918. The minimum Gasteiger partial charge on any atom is -0.496 e. The van der Waals surface area contributed by atoms with Crippen molar-refractivity contribution in [2.24, 2.45) is 0 Å². The van der Waals surface area contributed by atoms with Crippen molar-refractivity contribution >= 4 is 5.97 Å². The van der Waals surface area contributed by atoms with E-state index in [1.807, 2.05) is 20.8 Å². The molecule has 0 spiro atoms. The highest BCUT2D eigenvalue weighted by Crippen LogP contribution is 2.28. The number of carbonyl (C=O) groups is 1. The average Bonchev–Trinajstić information content (AvgIpc) is 2.90. The summed E-state index contributed by atoms with van der Waals surface area (Å²) in [5.74, 6) is -0.115. The lowest BCUT2D eigenvalue weighted by Gasteiger charge is -2.05. The number of aromatic nitrogens is 1. The van der Waals surface area contributed by atoms with E-state index in [-0.39, 0.29) is 11.5 Å². The summed E-state index contributed by atoms with van der Waals surface area (Å²) in [6, 6.07) is 5.30. The molecule has 1 heterocycles. The van der Waals surface area contributed by atoms with Gasteiger partial charge in [-0.1, -0.05) is 13.8 Å². The molecule has 2 aromatic rings. The number of carboxylic acids is 1. The van der Waals surface area contributed by atoms with Gasteiger partial charge < -0.3 is 14.3 Å². The minimum absolute atomic E-state index is 0.0884. The van der Waals surface area contributed by atoms with Crippen LogP contribution in [0.15, 0.2) is 29.0 Å². The first-order valence-corrected chi connectivity index (χ1v) is 5.95.